The third-order valence-electron chi connectivity index (χ3n) is 6.27. The van der Waals surface area contributed by atoms with Gasteiger partial charge < -0.3 is 26.4 Å². The number of aromatic nitrogens is 1. The van der Waals surface area contributed by atoms with Gasteiger partial charge in [-0.1, -0.05) is 37.5 Å². The molecule has 1 aromatic carbocycles. The standard InChI is InChI=1S/C25H29N5O4S2/c1-34-17-11-9-15(10-12-17)21(24(32)28-16-6-3-2-4-7-16)30(14-18-8-5-13-35-18)25(33)22-19(26)20(23(27)31)29-36-22/h5,8-13,16,21H,2-4,6-7,14,26H2,1H3,(H2,27,31)(H,28,32)/t21-/m1/s1. The van der Waals surface area contributed by atoms with Crippen molar-refractivity contribution in [2.45, 2.75) is 50.7 Å². The maximum Gasteiger partial charge on any atom is 0.270 e. The van der Waals surface area contributed by atoms with Crippen LogP contribution < -0.4 is 21.5 Å². The molecule has 0 bridgehead atoms. The molecule has 0 unspecified atom stereocenters. The van der Waals surface area contributed by atoms with E-state index in [0.717, 1.165) is 48.5 Å². The van der Waals surface area contributed by atoms with Crippen molar-refractivity contribution < 1.29 is 19.1 Å². The number of anilines is 1. The van der Waals surface area contributed by atoms with E-state index < -0.39 is 17.9 Å². The van der Waals surface area contributed by atoms with Crippen molar-refractivity contribution in [2.24, 2.45) is 5.73 Å². The van der Waals surface area contributed by atoms with E-state index in [1.807, 2.05) is 17.5 Å². The Morgan fingerprint density at radius 2 is 1.89 bits per heavy atom. The number of ether oxygens (including phenoxy) is 1. The van der Waals surface area contributed by atoms with Crippen molar-refractivity contribution in [3.63, 3.8) is 0 Å². The van der Waals surface area contributed by atoms with E-state index in [9.17, 15) is 14.4 Å². The van der Waals surface area contributed by atoms with Crippen molar-refractivity contribution in [1.82, 2.24) is 14.6 Å². The zero-order chi connectivity index (χ0) is 25.7. The van der Waals surface area contributed by atoms with Crippen molar-refractivity contribution in [3.05, 3.63) is 62.8 Å². The molecule has 1 saturated carbocycles. The second-order valence-electron chi connectivity index (χ2n) is 8.67. The molecular formula is C25H29N5O4S2. The average Bonchev–Trinajstić information content (AvgIpc) is 3.54. The van der Waals surface area contributed by atoms with E-state index in [1.54, 1.807) is 31.4 Å². The number of nitrogens with two attached hydrogens (primary N) is 2. The number of primary amides is 1. The van der Waals surface area contributed by atoms with Gasteiger partial charge in [0.15, 0.2) is 5.69 Å². The topological polar surface area (TPSA) is 141 Å². The number of benzene rings is 1. The predicted molar refractivity (Wildman–Crippen MR) is 140 cm³/mol. The Bertz CT molecular complexity index is 1200. The number of nitrogens with zero attached hydrogens (tertiary/aromatic N) is 2. The smallest absolute Gasteiger partial charge is 0.270 e. The molecule has 1 fully saturated rings. The Labute approximate surface area is 217 Å². The van der Waals surface area contributed by atoms with E-state index in [1.165, 1.54) is 16.2 Å². The summed E-state index contributed by atoms with van der Waals surface area (Å²) in [6.45, 7) is 0.175. The van der Waals surface area contributed by atoms with Crippen LogP contribution in [0.2, 0.25) is 0 Å². The normalized spacial score (nSPS) is 14.7. The fourth-order valence-electron chi connectivity index (χ4n) is 4.40. The monoisotopic (exact) mass is 527 g/mol. The quantitative estimate of drug-likeness (QED) is 0.387. The van der Waals surface area contributed by atoms with Gasteiger partial charge in [0.1, 0.15) is 16.7 Å². The van der Waals surface area contributed by atoms with Crippen LogP contribution in [0.4, 0.5) is 5.69 Å². The molecule has 1 atom stereocenters. The van der Waals surface area contributed by atoms with Gasteiger partial charge in [0, 0.05) is 10.9 Å². The molecule has 0 spiro atoms. The minimum absolute atomic E-state index is 0.0561. The largest absolute Gasteiger partial charge is 0.497 e. The van der Waals surface area contributed by atoms with Gasteiger partial charge in [0.2, 0.25) is 5.91 Å². The highest BCUT2D eigenvalue weighted by molar-refractivity contribution is 7.10. The second kappa shape index (κ2) is 11.5. The van der Waals surface area contributed by atoms with Crippen LogP contribution in [0.25, 0.3) is 0 Å². The summed E-state index contributed by atoms with van der Waals surface area (Å²) in [5.41, 5.74) is 11.9. The van der Waals surface area contributed by atoms with Crippen LogP contribution in [0.15, 0.2) is 41.8 Å². The third kappa shape index (κ3) is 5.68. The van der Waals surface area contributed by atoms with Gasteiger partial charge in [-0.15, -0.1) is 11.3 Å². The Kier molecular flexibility index (Phi) is 8.21. The fraction of sp³-hybridized carbons (Fsp3) is 0.360. The van der Waals surface area contributed by atoms with Crippen LogP contribution in [0.3, 0.4) is 0 Å². The van der Waals surface area contributed by atoms with Gasteiger partial charge in [-0.05, 0) is 53.5 Å². The molecule has 0 radical (unpaired) electrons. The first-order valence-corrected chi connectivity index (χ1v) is 13.4. The molecule has 5 N–H and O–H groups in total. The van der Waals surface area contributed by atoms with Crippen molar-refractivity contribution >= 4 is 46.3 Å². The van der Waals surface area contributed by atoms with Gasteiger partial charge in [-0.2, -0.15) is 4.37 Å². The summed E-state index contributed by atoms with van der Waals surface area (Å²) in [6, 6.07) is 9.99. The number of methoxy groups -OCH3 is 1. The van der Waals surface area contributed by atoms with Crippen LogP contribution in [-0.4, -0.2) is 40.1 Å². The maximum absolute atomic E-state index is 13.9. The first kappa shape index (κ1) is 25.6. The minimum atomic E-state index is -0.939. The molecule has 190 valence electrons. The summed E-state index contributed by atoms with van der Waals surface area (Å²) < 4.78 is 9.28. The summed E-state index contributed by atoms with van der Waals surface area (Å²) in [5, 5.41) is 5.08. The second-order valence-corrected chi connectivity index (χ2v) is 10.5. The molecule has 1 aliphatic rings. The Morgan fingerprint density at radius 3 is 2.47 bits per heavy atom. The summed E-state index contributed by atoms with van der Waals surface area (Å²) in [4.78, 5) is 41.9. The third-order valence-corrected chi connectivity index (χ3v) is 7.98. The number of hydrogen-bond acceptors (Lipinski definition) is 8. The highest BCUT2D eigenvalue weighted by atomic mass is 32.1. The van der Waals surface area contributed by atoms with E-state index in [0.29, 0.717) is 11.3 Å². The molecule has 2 heterocycles. The Hall–Kier alpha value is -3.44. The number of nitrogens with one attached hydrogen (secondary N) is 1. The first-order valence-electron chi connectivity index (χ1n) is 11.7. The first-order chi connectivity index (χ1) is 17.4. The highest BCUT2D eigenvalue weighted by Gasteiger charge is 2.36. The van der Waals surface area contributed by atoms with E-state index >= 15 is 0 Å². The molecule has 0 saturated heterocycles. The van der Waals surface area contributed by atoms with E-state index in [2.05, 4.69) is 9.69 Å². The lowest BCUT2D eigenvalue weighted by Crippen LogP contribution is -2.46. The zero-order valence-electron chi connectivity index (χ0n) is 19.9. The molecular weight excluding hydrogens is 498 g/mol. The molecule has 0 aliphatic heterocycles. The van der Waals surface area contributed by atoms with Crippen molar-refractivity contribution in [1.29, 1.82) is 0 Å². The molecule has 2 aromatic heterocycles. The summed E-state index contributed by atoms with van der Waals surface area (Å²) in [5.74, 6) is -0.936. The number of carbonyl (C=O) groups is 3. The lowest BCUT2D eigenvalue weighted by Gasteiger charge is -2.33. The number of thiophene rings is 1. The van der Waals surface area contributed by atoms with Gasteiger partial charge in [-0.3, -0.25) is 14.4 Å². The van der Waals surface area contributed by atoms with Crippen LogP contribution in [0.5, 0.6) is 5.75 Å². The van der Waals surface area contributed by atoms with Gasteiger partial charge in [-0.25, -0.2) is 0 Å². The molecule has 9 nitrogen and oxygen atoms in total. The van der Waals surface area contributed by atoms with Crippen molar-refractivity contribution in [3.8, 4) is 5.75 Å². The number of nitrogen functional groups attached to an aromatic ring is 1. The molecule has 11 heteroatoms. The van der Waals surface area contributed by atoms with Gasteiger partial charge in [0.05, 0.1) is 19.3 Å². The predicted octanol–water partition coefficient (Wildman–Crippen LogP) is 3.73. The number of hydrogen-bond donors (Lipinski definition) is 3. The maximum atomic E-state index is 13.9. The molecule has 3 amide bonds. The molecule has 36 heavy (non-hydrogen) atoms. The van der Waals surface area contributed by atoms with E-state index in [-0.39, 0.29) is 34.8 Å². The van der Waals surface area contributed by atoms with Crippen molar-refractivity contribution in [2.75, 3.05) is 12.8 Å². The molecule has 3 aromatic rings. The van der Waals surface area contributed by atoms with Crippen LogP contribution >= 0.6 is 22.9 Å². The van der Waals surface area contributed by atoms with E-state index in [4.69, 9.17) is 16.2 Å². The molecule has 1 aliphatic carbocycles. The van der Waals surface area contributed by atoms with Crippen LogP contribution in [0.1, 0.15) is 68.7 Å². The SMILES string of the molecule is COc1ccc([C@H](C(=O)NC2CCCCC2)N(Cc2cccs2)C(=O)c2snc(C(N)=O)c2N)cc1. The summed E-state index contributed by atoms with van der Waals surface area (Å²) in [6.07, 6.45) is 5.09. The summed E-state index contributed by atoms with van der Waals surface area (Å²) in [7, 11) is 1.57. The highest BCUT2D eigenvalue weighted by Crippen LogP contribution is 2.32. The number of carbonyl (C=O) groups excluding carboxylic acids is 3. The van der Waals surface area contributed by atoms with Gasteiger partial charge in [0.25, 0.3) is 11.8 Å². The summed E-state index contributed by atoms with van der Waals surface area (Å²) >= 11 is 2.29. The zero-order valence-corrected chi connectivity index (χ0v) is 21.6. The number of rotatable bonds is 9. The van der Waals surface area contributed by atoms with Crippen LogP contribution in [0, 0.1) is 0 Å². The lowest BCUT2D eigenvalue weighted by molar-refractivity contribution is -0.127. The minimum Gasteiger partial charge on any atom is -0.497 e. The molecule has 4 rings (SSSR count). The number of amides is 3. The van der Waals surface area contributed by atoms with Gasteiger partial charge >= 0.3 is 0 Å². The average molecular weight is 528 g/mol. The fourth-order valence-corrected chi connectivity index (χ4v) is 5.86. The Morgan fingerprint density at radius 1 is 1.17 bits per heavy atom. The lowest BCUT2D eigenvalue weighted by atomic mass is 9.94. The Balaban J connectivity index is 1.76. The van der Waals surface area contributed by atoms with Crippen LogP contribution in [-0.2, 0) is 11.3 Å².